The van der Waals surface area contributed by atoms with Gasteiger partial charge in [0, 0.05) is 26.3 Å². The van der Waals surface area contributed by atoms with Crippen molar-refractivity contribution in [2.45, 2.75) is 71.4 Å². The van der Waals surface area contributed by atoms with Crippen molar-refractivity contribution in [2.75, 3.05) is 32.8 Å². The van der Waals surface area contributed by atoms with E-state index < -0.39 is 11.5 Å². The zero-order valence-corrected chi connectivity index (χ0v) is 19.9. The summed E-state index contributed by atoms with van der Waals surface area (Å²) in [5.74, 6) is 0.327. The topological polar surface area (TPSA) is 70.7 Å². The van der Waals surface area contributed by atoms with E-state index in [4.69, 9.17) is 4.74 Å². The highest BCUT2D eigenvalue weighted by Crippen LogP contribution is 2.38. The first-order chi connectivity index (χ1) is 15.5. The Labute approximate surface area is 193 Å². The standard InChI is InChI=1S/C26H41N3O3/c1-21(2)19-23-24(30)27-14-8-18-32-17-7-6-11-26(25(31)28-23)12-15-29(16-13-26)20-22-9-4-3-5-10-22/h3-5,9-10,21,23H,6-8,11-20H2,1-2H3,(H,27,30)(H,28,31)/t23-/m0/s1. The van der Waals surface area contributed by atoms with E-state index in [1.165, 1.54) is 5.56 Å². The summed E-state index contributed by atoms with van der Waals surface area (Å²) in [6.07, 6.45) is 5.94. The zero-order valence-electron chi connectivity index (χ0n) is 19.9. The molecule has 3 rings (SSSR count). The summed E-state index contributed by atoms with van der Waals surface area (Å²) in [5, 5.41) is 6.17. The van der Waals surface area contributed by atoms with E-state index in [1.54, 1.807) is 0 Å². The molecule has 1 aromatic carbocycles. The molecule has 2 heterocycles. The van der Waals surface area contributed by atoms with Gasteiger partial charge in [-0.25, -0.2) is 0 Å². The van der Waals surface area contributed by atoms with Gasteiger partial charge in [-0.1, -0.05) is 50.6 Å². The van der Waals surface area contributed by atoms with Crippen LogP contribution in [0.1, 0.15) is 64.4 Å². The Bertz CT molecular complexity index is 714. The van der Waals surface area contributed by atoms with Crippen molar-refractivity contribution in [3.63, 3.8) is 0 Å². The van der Waals surface area contributed by atoms with Crippen LogP contribution in [0.25, 0.3) is 0 Å². The van der Waals surface area contributed by atoms with Gasteiger partial charge < -0.3 is 15.4 Å². The molecule has 6 heteroatoms. The highest BCUT2D eigenvalue weighted by molar-refractivity contribution is 5.90. The number of amides is 2. The van der Waals surface area contributed by atoms with E-state index in [2.05, 4.69) is 53.6 Å². The monoisotopic (exact) mass is 443 g/mol. The zero-order chi connectivity index (χ0) is 22.8. The molecule has 0 radical (unpaired) electrons. The normalized spacial score (nSPS) is 24.0. The summed E-state index contributed by atoms with van der Waals surface area (Å²) in [6, 6.07) is 10.1. The first-order valence-corrected chi connectivity index (χ1v) is 12.4. The molecule has 2 amide bonds. The van der Waals surface area contributed by atoms with E-state index in [-0.39, 0.29) is 11.8 Å². The average molecular weight is 444 g/mol. The predicted molar refractivity (Wildman–Crippen MR) is 127 cm³/mol. The van der Waals surface area contributed by atoms with Crippen molar-refractivity contribution in [1.29, 1.82) is 0 Å². The van der Waals surface area contributed by atoms with Gasteiger partial charge in [0.1, 0.15) is 6.04 Å². The van der Waals surface area contributed by atoms with Crippen molar-refractivity contribution in [3.05, 3.63) is 35.9 Å². The number of benzene rings is 1. The quantitative estimate of drug-likeness (QED) is 0.747. The number of hydrogen-bond donors (Lipinski definition) is 2. The lowest BCUT2D eigenvalue weighted by molar-refractivity contribution is -0.138. The Hall–Kier alpha value is -1.92. The highest BCUT2D eigenvalue weighted by atomic mass is 16.5. The molecule has 2 aliphatic rings. The molecule has 0 unspecified atom stereocenters. The van der Waals surface area contributed by atoms with Gasteiger partial charge in [-0.05, 0) is 63.1 Å². The van der Waals surface area contributed by atoms with E-state index in [9.17, 15) is 9.59 Å². The molecule has 0 aromatic heterocycles. The number of piperidine rings is 1. The number of ether oxygens (including phenoxy) is 1. The fourth-order valence-electron chi connectivity index (χ4n) is 4.86. The van der Waals surface area contributed by atoms with Crippen LogP contribution >= 0.6 is 0 Å². The largest absolute Gasteiger partial charge is 0.381 e. The Kier molecular flexibility index (Phi) is 9.54. The summed E-state index contributed by atoms with van der Waals surface area (Å²) in [7, 11) is 0. The summed E-state index contributed by atoms with van der Waals surface area (Å²) < 4.78 is 5.73. The first-order valence-electron chi connectivity index (χ1n) is 12.4. The molecule has 2 N–H and O–H groups in total. The number of nitrogens with one attached hydrogen (secondary N) is 2. The Balaban J connectivity index is 1.69. The third-order valence-electron chi connectivity index (χ3n) is 6.83. The number of rotatable bonds is 4. The number of carbonyl (C=O) groups excluding carboxylic acids is 2. The van der Waals surface area contributed by atoms with E-state index in [0.29, 0.717) is 25.5 Å². The van der Waals surface area contributed by atoms with Crippen molar-refractivity contribution < 1.29 is 14.3 Å². The number of likely N-dealkylation sites (tertiary alicyclic amines) is 1. The lowest BCUT2D eigenvalue weighted by atomic mass is 9.73. The minimum atomic E-state index is -0.467. The number of nitrogens with zero attached hydrogens (tertiary/aromatic N) is 1. The first kappa shape index (κ1) is 24.7. The fourth-order valence-corrected chi connectivity index (χ4v) is 4.86. The molecule has 0 aliphatic carbocycles. The van der Waals surface area contributed by atoms with Gasteiger partial charge in [-0.3, -0.25) is 14.5 Å². The van der Waals surface area contributed by atoms with Crippen LogP contribution < -0.4 is 10.6 Å². The van der Waals surface area contributed by atoms with E-state index >= 15 is 0 Å². The molecule has 2 saturated heterocycles. The molecule has 0 saturated carbocycles. The predicted octanol–water partition coefficient (Wildman–Crippen LogP) is 3.51. The van der Waals surface area contributed by atoms with Crippen LogP contribution in [0.2, 0.25) is 0 Å². The molecule has 6 nitrogen and oxygen atoms in total. The van der Waals surface area contributed by atoms with Crippen LogP contribution in [0.15, 0.2) is 30.3 Å². The molecular weight excluding hydrogens is 402 g/mol. The summed E-state index contributed by atoms with van der Waals surface area (Å²) in [5.41, 5.74) is 0.914. The SMILES string of the molecule is CC(C)C[C@@H]1NC(=O)C2(CCCCOCCCNC1=O)CCN(Cc1ccccc1)CC2. The fraction of sp³-hybridized carbons (Fsp3) is 0.692. The smallest absolute Gasteiger partial charge is 0.242 e. The summed E-state index contributed by atoms with van der Waals surface area (Å²) >= 11 is 0. The molecular formula is C26H41N3O3. The van der Waals surface area contributed by atoms with Crippen LogP contribution in [-0.4, -0.2) is 55.6 Å². The van der Waals surface area contributed by atoms with Crippen LogP contribution in [0.4, 0.5) is 0 Å². The van der Waals surface area contributed by atoms with E-state index in [0.717, 1.165) is 64.8 Å². The third-order valence-corrected chi connectivity index (χ3v) is 6.83. The van der Waals surface area contributed by atoms with Crippen LogP contribution in [0, 0.1) is 11.3 Å². The van der Waals surface area contributed by atoms with E-state index in [1.807, 2.05) is 6.07 Å². The maximum Gasteiger partial charge on any atom is 0.242 e. The molecule has 0 bridgehead atoms. The maximum atomic E-state index is 13.6. The van der Waals surface area contributed by atoms with Gasteiger partial charge in [-0.2, -0.15) is 0 Å². The molecule has 1 aromatic rings. The molecule has 1 atom stereocenters. The molecule has 2 aliphatic heterocycles. The average Bonchev–Trinajstić information content (AvgIpc) is 2.78. The molecule has 1 spiro atoms. The van der Waals surface area contributed by atoms with Crippen molar-refractivity contribution in [2.24, 2.45) is 11.3 Å². The lowest BCUT2D eigenvalue weighted by Crippen LogP contribution is -2.55. The third kappa shape index (κ3) is 7.31. The Morgan fingerprint density at radius 1 is 1.03 bits per heavy atom. The minimum Gasteiger partial charge on any atom is -0.381 e. The van der Waals surface area contributed by atoms with Gasteiger partial charge in [0.15, 0.2) is 0 Å². The lowest BCUT2D eigenvalue weighted by Gasteiger charge is -2.41. The van der Waals surface area contributed by atoms with Crippen LogP contribution in [0.5, 0.6) is 0 Å². The van der Waals surface area contributed by atoms with Gasteiger partial charge in [0.2, 0.25) is 11.8 Å². The van der Waals surface area contributed by atoms with Crippen LogP contribution in [0.3, 0.4) is 0 Å². The second-order valence-electron chi connectivity index (χ2n) is 9.91. The van der Waals surface area contributed by atoms with Gasteiger partial charge in [-0.15, -0.1) is 0 Å². The van der Waals surface area contributed by atoms with Gasteiger partial charge in [0.05, 0.1) is 5.41 Å². The van der Waals surface area contributed by atoms with Gasteiger partial charge >= 0.3 is 0 Å². The van der Waals surface area contributed by atoms with Crippen molar-refractivity contribution in [1.82, 2.24) is 15.5 Å². The maximum absolute atomic E-state index is 13.6. The molecule has 178 valence electrons. The summed E-state index contributed by atoms with van der Waals surface area (Å²) in [6.45, 7) is 8.89. The summed E-state index contributed by atoms with van der Waals surface area (Å²) in [4.78, 5) is 28.9. The molecule has 2 fully saturated rings. The van der Waals surface area contributed by atoms with Crippen LogP contribution in [-0.2, 0) is 20.9 Å². The minimum absolute atomic E-state index is 0.0654. The van der Waals surface area contributed by atoms with Crippen molar-refractivity contribution in [3.8, 4) is 0 Å². The number of hydrogen-bond acceptors (Lipinski definition) is 4. The Morgan fingerprint density at radius 2 is 1.75 bits per heavy atom. The Morgan fingerprint density at radius 3 is 2.47 bits per heavy atom. The second kappa shape index (κ2) is 12.4. The van der Waals surface area contributed by atoms with Gasteiger partial charge in [0.25, 0.3) is 0 Å². The highest BCUT2D eigenvalue weighted by Gasteiger charge is 2.42. The van der Waals surface area contributed by atoms with Crippen molar-refractivity contribution >= 4 is 11.8 Å². The molecule has 32 heavy (non-hydrogen) atoms. The second-order valence-corrected chi connectivity index (χ2v) is 9.91. The number of carbonyl (C=O) groups is 2.